The average molecular weight is 302 g/mol. The molecule has 0 saturated carbocycles. The summed E-state index contributed by atoms with van der Waals surface area (Å²) in [6, 6.07) is 4.65. The standard InChI is InChI=1S/C15H21F3N2O/c1-3-4-13(19)9-14(21)20(2)10-11-5-7-12(8-6-11)15(16,17)18/h5-8,13H,3-4,9-10,19H2,1-2H3. The van der Waals surface area contributed by atoms with Crippen LogP contribution in [0.2, 0.25) is 0 Å². The van der Waals surface area contributed by atoms with Crippen molar-refractivity contribution in [2.24, 2.45) is 5.73 Å². The number of hydrogen-bond acceptors (Lipinski definition) is 2. The molecule has 1 amide bonds. The maximum atomic E-state index is 12.4. The van der Waals surface area contributed by atoms with Gasteiger partial charge in [-0.15, -0.1) is 0 Å². The highest BCUT2D eigenvalue weighted by Gasteiger charge is 2.29. The fourth-order valence-corrected chi connectivity index (χ4v) is 2.01. The zero-order chi connectivity index (χ0) is 16.0. The maximum Gasteiger partial charge on any atom is 0.416 e. The van der Waals surface area contributed by atoms with E-state index in [1.165, 1.54) is 17.0 Å². The summed E-state index contributed by atoms with van der Waals surface area (Å²) in [5, 5.41) is 0. The van der Waals surface area contributed by atoms with Crippen molar-refractivity contribution in [2.75, 3.05) is 7.05 Å². The molecule has 6 heteroatoms. The van der Waals surface area contributed by atoms with Crippen LogP contribution in [0, 0.1) is 0 Å². The number of halogens is 3. The second-order valence-corrected chi connectivity index (χ2v) is 5.20. The van der Waals surface area contributed by atoms with E-state index in [4.69, 9.17) is 5.73 Å². The molecule has 0 heterocycles. The third kappa shape index (κ3) is 5.75. The van der Waals surface area contributed by atoms with Crippen LogP contribution in [0.15, 0.2) is 24.3 Å². The molecule has 3 nitrogen and oxygen atoms in total. The Morgan fingerprint density at radius 1 is 1.29 bits per heavy atom. The van der Waals surface area contributed by atoms with E-state index in [2.05, 4.69) is 0 Å². The highest BCUT2D eigenvalue weighted by Crippen LogP contribution is 2.29. The summed E-state index contributed by atoms with van der Waals surface area (Å²) < 4.78 is 37.3. The van der Waals surface area contributed by atoms with E-state index in [1.54, 1.807) is 7.05 Å². The number of rotatable bonds is 6. The molecule has 0 aliphatic heterocycles. The Balaban J connectivity index is 2.58. The third-order valence-corrected chi connectivity index (χ3v) is 3.22. The Bertz CT molecular complexity index is 457. The molecule has 1 rings (SSSR count). The van der Waals surface area contributed by atoms with Gasteiger partial charge in [0, 0.05) is 26.1 Å². The fourth-order valence-electron chi connectivity index (χ4n) is 2.01. The minimum atomic E-state index is -4.34. The number of alkyl halides is 3. The van der Waals surface area contributed by atoms with Crippen LogP contribution in [0.3, 0.4) is 0 Å². The first kappa shape index (κ1) is 17.5. The molecular weight excluding hydrogens is 281 g/mol. The van der Waals surface area contributed by atoms with Crippen LogP contribution >= 0.6 is 0 Å². The van der Waals surface area contributed by atoms with Crippen LogP contribution < -0.4 is 5.73 Å². The summed E-state index contributed by atoms with van der Waals surface area (Å²) in [4.78, 5) is 13.4. The van der Waals surface area contributed by atoms with Gasteiger partial charge in [-0.1, -0.05) is 25.5 Å². The molecule has 0 aliphatic carbocycles. The second-order valence-electron chi connectivity index (χ2n) is 5.20. The van der Waals surface area contributed by atoms with Crippen molar-refractivity contribution < 1.29 is 18.0 Å². The van der Waals surface area contributed by atoms with Crippen molar-refractivity contribution in [3.8, 4) is 0 Å². The molecule has 2 N–H and O–H groups in total. The van der Waals surface area contributed by atoms with Crippen molar-refractivity contribution in [3.05, 3.63) is 35.4 Å². The van der Waals surface area contributed by atoms with Crippen molar-refractivity contribution >= 4 is 5.91 Å². The SMILES string of the molecule is CCCC(N)CC(=O)N(C)Cc1ccc(C(F)(F)F)cc1. The monoisotopic (exact) mass is 302 g/mol. The number of benzene rings is 1. The van der Waals surface area contributed by atoms with E-state index >= 15 is 0 Å². The van der Waals surface area contributed by atoms with E-state index in [0.29, 0.717) is 5.56 Å². The highest BCUT2D eigenvalue weighted by atomic mass is 19.4. The van der Waals surface area contributed by atoms with Gasteiger partial charge in [-0.05, 0) is 24.1 Å². The van der Waals surface area contributed by atoms with Gasteiger partial charge in [0.25, 0.3) is 0 Å². The first-order valence-electron chi connectivity index (χ1n) is 6.89. The number of nitrogens with two attached hydrogens (primary N) is 1. The lowest BCUT2D eigenvalue weighted by atomic mass is 10.1. The lowest BCUT2D eigenvalue weighted by Gasteiger charge is -2.20. The van der Waals surface area contributed by atoms with Crippen molar-refractivity contribution in [3.63, 3.8) is 0 Å². The third-order valence-electron chi connectivity index (χ3n) is 3.22. The molecule has 1 atom stereocenters. The van der Waals surface area contributed by atoms with Crippen LogP contribution in [0.5, 0.6) is 0 Å². The highest BCUT2D eigenvalue weighted by molar-refractivity contribution is 5.76. The predicted molar refractivity (Wildman–Crippen MR) is 75.4 cm³/mol. The van der Waals surface area contributed by atoms with Gasteiger partial charge in [-0.3, -0.25) is 4.79 Å². The topological polar surface area (TPSA) is 46.3 Å². The minimum absolute atomic E-state index is 0.101. The molecule has 0 bridgehead atoms. The molecular formula is C15H21F3N2O. The summed E-state index contributed by atoms with van der Waals surface area (Å²) in [5.41, 5.74) is 5.78. The normalized spacial score (nSPS) is 13.0. The van der Waals surface area contributed by atoms with Gasteiger partial charge >= 0.3 is 6.18 Å². The van der Waals surface area contributed by atoms with Gasteiger partial charge < -0.3 is 10.6 Å². The van der Waals surface area contributed by atoms with E-state index in [9.17, 15) is 18.0 Å². The minimum Gasteiger partial charge on any atom is -0.341 e. The molecule has 0 saturated heterocycles. The number of carbonyl (C=O) groups excluding carboxylic acids is 1. The summed E-state index contributed by atoms with van der Waals surface area (Å²) in [6.45, 7) is 2.27. The summed E-state index contributed by atoms with van der Waals surface area (Å²) in [6.07, 6.45) is -2.39. The largest absolute Gasteiger partial charge is 0.416 e. The van der Waals surface area contributed by atoms with Crippen molar-refractivity contribution in [1.29, 1.82) is 0 Å². The van der Waals surface area contributed by atoms with Gasteiger partial charge in [0.05, 0.1) is 5.56 Å². The Hall–Kier alpha value is -1.56. The van der Waals surface area contributed by atoms with Gasteiger partial charge in [-0.2, -0.15) is 13.2 Å². The lowest BCUT2D eigenvalue weighted by molar-refractivity contribution is -0.137. The van der Waals surface area contributed by atoms with Crippen LogP contribution in [-0.2, 0) is 17.5 Å². The van der Waals surface area contributed by atoms with E-state index in [1.807, 2.05) is 6.92 Å². The maximum absolute atomic E-state index is 12.4. The average Bonchev–Trinajstić information content (AvgIpc) is 2.38. The van der Waals surface area contributed by atoms with Crippen molar-refractivity contribution in [2.45, 2.75) is 44.9 Å². The zero-order valence-corrected chi connectivity index (χ0v) is 12.3. The molecule has 1 aromatic carbocycles. The molecule has 0 aliphatic rings. The Morgan fingerprint density at radius 2 is 1.86 bits per heavy atom. The molecule has 118 valence electrons. The summed E-state index contributed by atoms with van der Waals surface area (Å²) in [5.74, 6) is -0.101. The second kappa shape index (κ2) is 7.45. The summed E-state index contributed by atoms with van der Waals surface area (Å²) >= 11 is 0. The van der Waals surface area contributed by atoms with Crippen molar-refractivity contribution in [1.82, 2.24) is 4.90 Å². The number of amides is 1. The van der Waals surface area contributed by atoms with E-state index < -0.39 is 11.7 Å². The smallest absolute Gasteiger partial charge is 0.341 e. The molecule has 0 aromatic heterocycles. The zero-order valence-electron chi connectivity index (χ0n) is 12.3. The number of nitrogens with zero attached hydrogens (tertiary/aromatic N) is 1. The Labute approximate surface area is 122 Å². The molecule has 1 unspecified atom stereocenters. The lowest BCUT2D eigenvalue weighted by Crippen LogP contribution is -2.32. The first-order valence-corrected chi connectivity index (χ1v) is 6.89. The van der Waals surface area contributed by atoms with E-state index in [0.717, 1.165) is 25.0 Å². The molecule has 0 spiro atoms. The molecule has 0 radical (unpaired) electrons. The molecule has 0 fully saturated rings. The van der Waals surface area contributed by atoms with Crippen LogP contribution in [0.1, 0.15) is 37.3 Å². The fraction of sp³-hybridized carbons (Fsp3) is 0.533. The van der Waals surface area contributed by atoms with Gasteiger partial charge in [-0.25, -0.2) is 0 Å². The van der Waals surface area contributed by atoms with Crippen LogP contribution in [0.4, 0.5) is 13.2 Å². The quantitative estimate of drug-likeness (QED) is 0.877. The summed E-state index contributed by atoms with van der Waals surface area (Å²) in [7, 11) is 1.62. The van der Waals surface area contributed by atoms with Gasteiger partial charge in [0.15, 0.2) is 0 Å². The number of carbonyl (C=O) groups is 1. The first-order chi connectivity index (χ1) is 9.74. The Kier molecular flexibility index (Phi) is 6.20. The Morgan fingerprint density at radius 3 is 2.33 bits per heavy atom. The van der Waals surface area contributed by atoms with Gasteiger partial charge in [0.2, 0.25) is 5.91 Å². The number of hydrogen-bond donors (Lipinski definition) is 1. The van der Waals surface area contributed by atoms with Crippen LogP contribution in [-0.4, -0.2) is 23.9 Å². The molecule has 1 aromatic rings. The predicted octanol–water partition coefficient (Wildman–Crippen LogP) is 3.18. The van der Waals surface area contributed by atoms with Gasteiger partial charge in [0.1, 0.15) is 0 Å². The molecule has 21 heavy (non-hydrogen) atoms. The van der Waals surface area contributed by atoms with Crippen LogP contribution in [0.25, 0.3) is 0 Å². The van der Waals surface area contributed by atoms with E-state index in [-0.39, 0.29) is 24.9 Å².